The van der Waals surface area contributed by atoms with Gasteiger partial charge in [0.2, 0.25) is 5.88 Å². The Bertz CT molecular complexity index is 741. The number of nitrogens with two attached hydrogens (primary N) is 1. The second-order valence-corrected chi connectivity index (χ2v) is 5.75. The van der Waals surface area contributed by atoms with Crippen molar-refractivity contribution in [3.8, 4) is 6.07 Å². The highest BCUT2D eigenvalue weighted by atomic mass is 19.1. The third kappa shape index (κ3) is 2.27. The number of carbonyl (C=O) groups is 1. The van der Waals surface area contributed by atoms with Crippen molar-refractivity contribution in [1.29, 1.82) is 5.26 Å². The number of halogens is 1. The number of ketones is 1. The van der Waals surface area contributed by atoms with Gasteiger partial charge in [-0.05, 0) is 23.6 Å². The molecule has 1 aromatic rings. The minimum Gasteiger partial charge on any atom is -0.444 e. The van der Waals surface area contributed by atoms with Crippen LogP contribution in [0.5, 0.6) is 0 Å². The van der Waals surface area contributed by atoms with Gasteiger partial charge >= 0.3 is 0 Å². The van der Waals surface area contributed by atoms with Gasteiger partial charge in [0.1, 0.15) is 23.2 Å². The summed E-state index contributed by atoms with van der Waals surface area (Å²) in [6.45, 7) is 1.97. The molecule has 0 saturated heterocycles. The van der Waals surface area contributed by atoms with Gasteiger partial charge in [0, 0.05) is 18.4 Å². The van der Waals surface area contributed by atoms with Crippen molar-refractivity contribution < 1.29 is 13.9 Å². The van der Waals surface area contributed by atoms with Gasteiger partial charge in [0.05, 0.1) is 5.92 Å². The van der Waals surface area contributed by atoms with E-state index in [0.717, 1.165) is 0 Å². The number of allylic oxidation sites excluding steroid dienone is 3. The molecule has 0 bridgehead atoms. The molecule has 0 fully saturated rings. The fourth-order valence-electron chi connectivity index (χ4n) is 3.08. The maximum Gasteiger partial charge on any atom is 0.205 e. The SMILES string of the molecule is C[C@H]1CC(=O)C2=C(C1)OC(N)=C(C#N)[C@H]2c1ccc(F)cc1. The Hall–Kier alpha value is -2.61. The fourth-order valence-corrected chi connectivity index (χ4v) is 3.08. The molecule has 2 N–H and O–H groups in total. The molecule has 1 heterocycles. The predicted octanol–water partition coefficient (Wildman–Crippen LogP) is 2.89. The minimum absolute atomic E-state index is 0.0254. The Morgan fingerprint density at radius 2 is 2.00 bits per heavy atom. The smallest absolute Gasteiger partial charge is 0.205 e. The number of hydrogen-bond donors (Lipinski definition) is 1. The summed E-state index contributed by atoms with van der Waals surface area (Å²) in [5, 5.41) is 9.40. The summed E-state index contributed by atoms with van der Waals surface area (Å²) >= 11 is 0. The summed E-state index contributed by atoms with van der Waals surface area (Å²) in [6.07, 6.45) is 1.02. The van der Waals surface area contributed by atoms with E-state index in [4.69, 9.17) is 10.5 Å². The molecule has 1 aliphatic carbocycles. The van der Waals surface area contributed by atoms with Gasteiger partial charge in [-0.15, -0.1) is 0 Å². The monoisotopic (exact) mass is 298 g/mol. The van der Waals surface area contributed by atoms with E-state index in [-0.39, 0.29) is 29.0 Å². The summed E-state index contributed by atoms with van der Waals surface area (Å²) in [6, 6.07) is 7.81. The van der Waals surface area contributed by atoms with Crippen LogP contribution in [-0.2, 0) is 9.53 Å². The van der Waals surface area contributed by atoms with E-state index >= 15 is 0 Å². The largest absolute Gasteiger partial charge is 0.444 e. The highest BCUT2D eigenvalue weighted by Gasteiger charge is 2.39. The molecule has 2 aliphatic rings. The average Bonchev–Trinajstić information content (AvgIpc) is 2.46. The fraction of sp³-hybridized carbons (Fsp3) is 0.294. The van der Waals surface area contributed by atoms with Gasteiger partial charge in [0.25, 0.3) is 0 Å². The summed E-state index contributed by atoms with van der Waals surface area (Å²) in [4.78, 5) is 12.5. The van der Waals surface area contributed by atoms with Crippen LogP contribution < -0.4 is 5.73 Å². The van der Waals surface area contributed by atoms with E-state index in [0.29, 0.717) is 29.7 Å². The van der Waals surface area contributed by atoms with Crippen molar-refractivity contribution in [2.45, 2.75) is 25.7 Å². The molecule has 1 aliphatic heterocycles. The maximum atomic E-state index is 13.2. The van der Waals surface area contributed by atoms with Crippen LogP contribution >= 0.6 is 0 Å². The lowest BCUT2D eigenvalue weighted by atomic mass is 9.75. The molecule has 3 rings (SSSR count). The average molecular weight is 298 g/mol. The molecule has 0 aromatic heterocycles. The Kier molecular flexibility index (Phi) is 3.45. The van der Waals surface area contributed by atoms with Gasteiger partial charge in [-0.3, -0.25) is 4.79 Å². The maximum absolute atomic E-state index is 13.2. The molecule has 0 unspecified atom stereocenters. The first-order chi connectivity index (χ1) is 10.5. The van der Waals surface area contributed by atoms with Crippen LogP contribution in [0.1, 0.15) is 31.2 Å². The van der Waals surface area contributed by atoms with E-state index in [1.165, 1.54) is 12.1 Å². The first-order valence-corrected chi connectivity index (χ1v) is 7.10. The van der Waals surface area contributed by atoms with Crippen LogP contribution in [0, 0.1) is 23.1 Å². The number of Topliss-reactive ketones (excluding diaryl/α,β-unsaturated/α-hetero) is 1. The molecule has 4 nitrogen and oxygen atoms in total. The highest BCUT2D eigenvalue weighted by Crippen LogP contribution is 2.44. The van der Waals surface area contributed by atoms with E-state index in [1.807, 2.05) is 13.0 Å². The molecule has 0 spiro atoms. The second-order valence-electron chi connectivity index (χ2n) is 5.75. The van der Waals surface area contributed by atoms with E-state index in [1.54, 1.807) is 12.1 Å². The zero-order valence-corrected chi connectivity index (χ0v) is 12.1. The first kappa shape index (κ1) is 14.3. The van der Waals surface area contributed by atoms with Crippen LogP contribution in [0.15, 0.2) is 47.1 Å². The number of ether oxygens (including phenoxy) is 1. The molecule has 0 radical (unpaired) electrons. The molecule has 0 amide bonds. The zero-order chi connectivity index (χ0) is 15.9. The topological polar surface area (TPSA) is 76.1 Å². The van der Waals surface area contributed by atoms with E-state index < -0.39 is 5.92 Å². The number of rotatable bonds is 1. The Morgan fingerprint density at radius 3 is 2.64 bits per heavy atom. The summed E-state index contributed by atoms with van der Waals surface area (Å²) in [5.41, 5.74) is 7.21. The van der Waals surface area contributed by atoms with Crippen LogP contribution in [0.2, 0.25) is 0 Å². The lowest BCUT2D eigenvalue weighted by Gasteiger charge is -2.32. The van der Waals surface area contributed by atoms with Crippen molar-refractivity contribution in [1.82, 2.24) is 0 Å². The van der Waals surface area contributed by atoms with E-state index in [9.17, 15) is 14.4 Å². The minimum atomic E-state index is -0.575. The molecule has 1 aromatic carbocycles. The standard InChI is InChI=1S/C17H15FN2O2/c1-9-6-13(21)16-14(7-9)22-17(20)12(8-19)15(16)10-2-4-11(18)5-3-10/h2-5,9,15H,6-7,20H2,1H3/t9-,15+/m0/s1. The molecular formula is C17H15FN2O2. The number of nitriles is 1. The van der Waals surface area contributed by atoms with Gasteiger partial charge in [0.15, 0.2) is 5.78 Å². The Morgan fingerprint density at radius 1 is 1.32 bits per heavy atom. The molecular weight excluding hydrogens is 283 g/mol. The number of benzene rings is 1. The molecule has 112 valence electrons. The Balaban J connectivity index is 2.16. The molecule has 5 heteroatoms. The van der Waals surface area contributed by atoms with Crippen LogP contribution in [0.3, 0.4) is 0 Å². The molecule has 2 atom stereocenters. The lowest BCUT2D eigenvalue weighted by Crippen LogP contribution is -2.29. The third-order valence-corrected chi connectivity index (χ3v) is 4.07. The third-order valence-electron chi connectivity index (χ3n) is 4.07. The molecule has 22 heavy (non-hydrogen) atoms. The normalized spacial score (nSPS) is 24.7. The molecule has 0 saturated carbocycles. The zero-order valence-electron chi connectivity index (χ0n) is 12.1. The second kappa shape index (κ2) is 5.30. The van der Waals surface area contributed by atoms with Crippen molar-refractivity contribution in [3.63, 3.8) is 0 Å². The lowest BCUT2D eigenvalue weighted by molar-refractivity contribution is -0.117. The predicted molar refractivity (Wildman–Crippen MR) is 77.5 cm³/mol. The van der Waals surface area contributed by atoms with Crippen molar-refractivity contribution >= 4 is 5.78 Å². The van der Waals surface area contributed by atoms with Gasteiger partial charge in [-0.25, -0.2) is 4.39 Å². The number of hydrogen-bond acceptors (Lipinski definition) is 4. The summed E-state index contributed by atoms with van der Waals surface area (Å²) in [7, 11) is 0. The van der Waals surface area contributed by atoms with Crippen LogP contribution in [-0.4, -0.2) is 5.78 Å². The van der Waals surface area contributed by atoms with E-state index in [2.05, 4.69) is 0 Å². The van der Waals surface area contributed by atoms with Crippen molar-refractivity contribution in [2.75, 3.05) is 0 Å². The van der Waals surface area contributed by atoms with Crippen LogP contribution in [0.25, 0.3) is 0 Å². The van der Waals surface area contributed by atoms with Gasteiger partial charge in [-0.2, -0.15) is 5.26 Å². The Labute approximate surface area is 127 Å². The van der Waals surface area contributed by atoms with Crippen molar-refractivity contribution in [3.05, 3.63) is 58.4 Å². The van der Waals surface area contributed by atoms with Crippen molar-refractivity contribution in [2.24, 2.45) is 11.7 Å². The quantitative estimate of drug-likeness (QED) is 0.865. The first-order valence-electron chi connectivity index (χ1n) is 7.10. The summed E-state index contributed by atoms with van der Waals surface area (Å²) in [5.74, 6) is -0.245. The van der Waals surface area contributed by atoms with Gasteiger partial charge in [-0.1, -0.05) is 19.1 Å². The summed E-state index contributed by atoms with van der Waals surface area (Å²) < 4.78 is 18.7. The highest BCUT2D eigenvalue weighted by molar-refractivity contribution is 5.99. The van der Waals surface area contributed by atoms with Gasteiger partial charge < -0.3 is 10.5 Å². The number of nitrogens with zero attached hydrogens (tertiary/aromatic N) is 1. The number of carbonyl (C=O) groups excluding carboxylic acids is 1. The van der Waals surface area contributed by atoms with Crippen LogP contribution in [0.4, 0.5) is 4.39 Å².